The third-order valence-electron chi connectivity index (χ3n) is 2.07. The zero-order valence-electron chi connectivity index (χ0n) is 9.44. The van der Waals surface area contributed by atoms with Crippen molar-refractivity contribution in [2.75, 3.05) is 20.3 Å². The van der Waals surface area contributed by atoms with E-state index in [-0.39, 0.29) is 6.54 Å². The topological polar surface area (TPSA) is 76.1 Å². The number of ether oxygens (including phenoxy) is 1. The predicted octanol–water partition coefficient (Wildman–Crippen LogP) is 0.346. The standard InChI is InChI=1S/C9H17NO5/c1-5-10(14-4)8(13)15-9(3,6-11)7(2)12/h11H,5-6H2,1-4H3. The van der Waals surface area contributed by atoms with Crippen LogP contribution < -0.4 is 0 Å². The summed E-state index contributed by atoms with van der Waals surface area (Å²) in [6, 6.07) is 0. The van der Waals surface area contributed by atoms with Crippen LogP contribution >= 0.6 is 0 Å². The van der Waals surface area contributed by atoms with Gasteiger partial charge >= 0.3 is 6.09 Å². The van der Waals surface area contributed by atoms with E-state index in [0.29, 0.717) is 0 Å². The molecule has 1 N–H and O–H groups in total. The van der Waals surface area contributed by atoms with Gasteiger partial charge in [0, 0.05) is 6.54 Å². The monoisotopic (exact) mass is 219 g/mol. The molecule has 0 saturated heterocycles. The maximum atomic E-state index is 11.4. The first kappa shape index (κ1) is 13.9. The lowest BCUT2D eigenvalue weighted by atomic mass is 10.0. The van der Waals surface area contributed by atoms with Crippen molar-refractivity contribution in [3.05, 3.63) is 0 Å². The molecule has 0 aliphatic carbocycles. The zero-order chi connectivity index (χ0) is 12.1. The molecular formula is C9H17NO5. The average Bonchev–Trinajstić information content (AvgIpc) is 2.19. The molecule has 0 saturated carbocycles. The molecule has 0 rings (SSSR count). The van der Waals surface area contributed by atoms with Crippen LogP contribution in [-0.2, 0) is 14.4 Å². The summed E-state index contributed by atoms with van der Waals surface area (Å²) in [5, 5.41) is 9.92. The fourth-order valence-electron chi connectivity index (χ4n) is 0.792. The summed E-state index contributed by atoms with van der Waals surface area (Å²) in [6.45, 7) is 4.00. The van der Waals surface area contributed by atoms with E-state index in [1.165, 1.54) is 21.0 Å². The highest BCUT2D eigenvalue weighted by molar-refractivity contribution is 5.87. The Bertz CT molecular complexity index is 239. The van der Waals surface area contributed by atoms with Crippen LogP contribution in [0.4, 0.5) is 4.79 Å². The smallest absolute Gasteiger partial charge is 0.431 e. The molecule has 0 aromatic rings. The van der Waals surface area contributed by atoms with Crippen molar-refractivity contribution in [3.8, 4) is 0 Å². The van der Waals surface area contributed by atoms with Gasteiger partial charge in [0.15, 0.2) is 11.4 Å². The zero-order valence-corrected chi connectivity index (χ0v) is 9.44. The highest BCUT2D eigenvalue weighted by atomic mass is 16.7. The predicted molar refractivity (Wildman–Crippen MR) is 52.0 cm³/mol. The molecule has 1 amide bonds. The minimum atomic E-state index is -1.51. The van der Waals surface area contributed by atoms with Crippen LogP contribution in [0, 0.1) is 0 Å². The minimum Gasteiger partial charge on any atom is -0.431 e. The van der Waals surface area contributed by atoms with Gasteiger partial charge in [-0.15, -0.1) is 0 Å². The van der Waals surface area contributed by atoms with Gasteiger partial charge in [-0.1, -0.05) is 0 Å². The van der Waals surface area contributed by atoms with E-state index in [0.717, 1.165) is 5.06 Å². The second-order valence-electron chi connectivity index (χ2n) is 3.19. The Morgan fingerprint density at radius 1 is 1.47 bits per heavy atom. The molecule has 0 heterocycles. The van der Waals surface area contributed by atoms with Crippen molar-refractivity contribution in [2.45, 2.75) is 26.4 Å². The first-order chi connectivity index (χ1) is 6.91. The summed E-state index contributed by atoms with van der Waals surface area (Å²) in [7, 11) is 1.31. The van der Waals surface area contributed by atoms with Gasteiger partial charge in [-0.05, 0) is 20.8 Å². The van der Waals surface area contributed by atoms with Gasteiger partial charge in [0.05, 0.1) is 13.7 Å². The third-order valence-corrected chi connectivity index (χ3v) is 2.07. The van der Waals surface area contributed by atoms with Crippen LogP contribution in [0.5, 0.6) is 0 Å². The third kappa shape index (κ3) is 3.49. The second kappa shape index (κ2) is 5.67. The van der Waals surface area contributed by atoms with Gasteiger partial charge in [0.1, 0.15) is 0 Å². The highest BCUT2D eigenvalue weighted by Crippen LogP contribution is 2.13. The van der Waals surface area contributed by atoms with Gasteiger partial charge < -0.3 is 9.84 Å². The minimum absolute atomic E-state index is 0.286. The van der Waals surface area contributed by atoms with E-state index >= 15 is 0 Å². The Balaban J connectivity index is 4.56. The van der Waals surface area contributed by atoms with Crippen molar-refractivity contribution in [2.24, 2.45) is 0 Å². The number of aliphatic hydroxyl groups excluding tert-OH is 1. The van der Waals surface area contributed by atoms with Crippen molar-refractivity contribution < 1.29 is 24.3 Å². The van der Waals surface area contributed by atoms with E-state index in [2.05, 4.69) is 0 Å². The Morgan fingerprint density at radius 2 is 2.00 bits per heavy atom. The number of hydrogen-bond donors (Lipinski definition) is 1. The Kier molecular flexibility index (Phi) is 5.24. The molecule has 0 aliphatic rings. The molecule has 1 unspecified atom stereocenters. The molecule has 0 fully saturated rings. The molecule has 0 spiro atoms. The molecular weight excluding hydrogens is 202 g/mol. The van der Waals surface area contributed by atoms with Crippen LogP contribution in [-0.4, -0.2) is 47.9 Å². The summed E-state index contributed by atoms with van der Waals surface area (Å²) in [5.74, 6) is -0.425. The lowest BCUT2D eigenvalue weighted by molar-refractivity contribution is -0.152. The number of ketones is 1. The van der Waals surface area contributed by atoms with Gasteiger partial charge in [-0.2, -0.15) is 5.06 Å². The molecule has 0 aromatic carbocycles. The van der Waals surface area contributed by atoms with Crippen LogP contribution in [0.1, 0.15) is 20.8 Å². The van der Waals surface area contributed by atoms with Crippen LogP contribution in [0.2, 0.25) is 0 Å². The number of rotatable bonds is 5. The molecule has 0 aliphatic heterocycles. The van der Waals surface area contributed by atoms with Crippen LogP contribution in [0.15, 0.2) is 0 Å². The normalized spacial score (nSPS) is 14.2. The lowest BCUT2D eigenvalue weighted by Crippen LogP contribution is -2.46. The molecule has 6 heteroatoms. The maximum Gasteiger partial charge on any atom is 0.434 e. The maximum absolute atomic E-state index is 11.4. The fourth-order valence-corrected chi connectivity index (χ4v) is 0.792. The molecule has 1 atom stereocenters. The van der Waals surface area contributed by atoms with Gasteiger partial charge in [-0.3, -0.25) is 9.63 Å². The van der Waals surface area contributed by atoms with Gasteiger partial charge in [0.25, 0.3) is 0 Å². The highest BCUT2D eigenvalue weighted by Gasteiger charge is 2.35. The summed E-state index contributed by atoms with van der Waals surface area (Å²) in [6.07, 6.45) is -0.799. The number of carbonyl (C=O) groups excluding carboxylic acids is 2. The van der Waals surface area contributed by atoms with Gasteiger partial charge in [0.2, 0.25) is 0 Å². The molecule has 15 heavy (non-hydrogen) atoms. The lowest BCUT2D eigenvalue weighted by Gasteiger charge is -2.27. The number of amides is 1. The largest absolute Gasteiger partial charge is 0.434 e. The van der Waals surface area contributed by atoms with E-state index in [4.69, 9.17) is 14.7 Å². The first-order valence-corrected chi connectivity index (χ1v) is 4.57. The number of carbonyl (C=O) groups is 2. The second-order valence-corrected chi connectivity index (χ2v) is 3.19. The van der Waals surface area contributed by atoms with E-state index in [1.807, 2.05) is 0 Å². The quantitative estimate of drug-likeness (QED) is 0.675. The van der Waals surface area contributed by atoms with Gasteiger partial charge in [-0.25, -0.2) is 4.79 Å². The Morgan fingerprint density at radius 3 is 2.27 bits per heavy atom. The molecule has 0 bridgehead atoms. The SMILES string of the molecule is CCN(OC)C(=O)OC(C)(CO)C(C)=O. The fraction of sp³-hybridized carbons (Fsp3) is 0.778. The van der Waals surface area contributed by atoms with E-state index in [9.17, 15) is 9.59 Å². The van der Waals surface area contributed by atoms with E-state index in [1.54, 1.807) is 6.92 Å². The number of hydroxylamine groups is 2. The van der Waals surface area contributed by atoms with Crippen molar-refractivity contribution in [1.29, 1.82) is 0 Å². The molecule has 0 aromatic heterocycles. The summed E-state index contributed by atoms with van der Waals surface area (Å²) >= 11 is 0. The molecule has 88 valence electrons. The number of nitrogens with zero attached hydrogens (tertiary/aromatic N) is 1. The van der Waals surface area contributed by atoms with Crippen molar-refractivity contribution in [3.63, 3.8) is 0 Å². The van der Waals surface area contributed by atoms with Crippen LogP contribution in [0.3, 0.4) is 0 Å². The number of aliphatic hydroxyl groups is 1. The van der Waals surface area contributed by atoms with Crippen molar-refractivity contribution in [1.82, 2.24) is 5.06 Å². The van der Waals surface area contributed by atoms with Crippen LogP contribution in [0.25, 0.3) is 0 Å². The number of hydrogen-bond acceptors (Lipinski definition) is 5. The Hall–Kier alpha value is -1.14. The summed E-state index contributed by atoms with van der Waals surface area (Å²) < 4.78 is 4.85. The first-order valence-electron chi connectivity index (χ1n) is 4.57. The Labute approximate surface area is 88.7 Å². The average molecular weight is 219 g/mol. The number of Topliss-reactive ketones (excluding diaryl/α,β-unsaturated/α-hetero) is 1. The molecule has 6 nitrogen and oxygen atoms in total. The summed E-state index contributed by atoms with van der Waals surface area (Å²) in [5.41, 5.74) is -1.51. The molecule has 0 radical (unpaired) electrons. The summed E-state index contributed by atoms with van der Waals surface area (Å²) in [4.78, 5) is 27.2. The van der Waals surface area contributed by atoms with Crippen molar-refractivity contribution >= 4 is 11.9 Å². The van der Waals surface area contributed by atoms with E-state index < -0.39 is 24.1 Å².